The molecule has 0 spiro atoms. The first kappa shape index (κ1) is 11.3. The molecule has 0 amide bonds. The fourth-order valence-electron chi connectivity index (χ4n) is 2.61. The SMILES string of the molecule is CC(C)N1CC[C@H](N2CCC(F)(F)C2)C1. The molecule has 0 aromatic rings. The van der Waals surface area contributed by atoms with Crippen LogP contribution in [-0.2, 0) is 0 Å². The maximum atomic E-state index is 13.0. The van der Waals surface area contributed by atoms with Gasteiger partial charge in [-0.15, -0.1) is 0 Å². The molecule has 0 aliphatic carbocycles. The van der Waals surface area contributed by atoms with Gasteiger partial charge in [-0.05, 0) is 20.3 Å². The molecule has 0 saturated carbocycles. The number of nitrogens with zero attached hydrogens (tertiary/aromatic N) is 2. The van der Waals surface area contributed by atoms with Crippen LogP contribution in [0.2, 0.25) is 0 Å². The van der Waals surface area contributed by atoms with E-state index >= 15 is 0 Å². The summed E-state index contributed by atoms with van der Waals surface area (Å²) in [7, 11) is 0. The molecule has 4 heteroatoms. The highest BCUT2D eigenvalue weighted by molar-refractivity contribution is 4.91. The second-order valence-electron chi connectivity index (χ2n) is 5.11. The van der Waals surface area contributed by atoms with Crippen molar-refractivity contribution in [2.75, 3.05) is 26.2 Å². The zero-order valence-electron chi connectivity index (χ0n) is 9.55. The van der Waals surface area contributed by atoms with Crippen molar-refractivity contribution in [1.29, 1.82) is 0 Å². The Morgan fingerprint density at radius 1 is 1.27 bits per heavy atom. The van der Waals surface area contributed by atoms with E-state index in [2.05, 4.69) is 18.7 Å². The van der Waals surface area contributed by atoms with Gasteiger partial charge in [-0.25, -0.2) is 8.78 Å². The molecule has 2 rings (SSSR count). The number of likely N-dealkylation sites (tertiary alicyclic amines) is 2. The van der Waals surface area contributed by atoms with Crippen LogP contribution in [0.15, 0.2) is 0 Å². The zero-order valence-corrected chi connectivity index (χ0v) is 9.55. The molecule has 0 N–H and O–H groups in total. The van der Waals surface area contributed by atoms with Crippen molar-refractivity contribution in [1.82, 2.24) is 9.80 Å². The van der Waals surface area contributed by atoms with E-state index < -0.39 is 5.92 Å². The highest BCUT2D eigenvalue weighted by atomic mass is 19.3. The highest BCUT2D eigenvalue weighted by Crippen LogP contribution is 2.30. The molecule has 2 nitrogen and oxygen atoms in total. The summed E-state index contributed by atoms with van der Waals surface area (Å²) in [5.74, 6) is -2.44. The summed E-state index contributed by atoms with van der Waals surface area (Å²) in [6.07, 6.45) is 1.10. The average Bonchev–Trinajstić information content (AvgIpc) is 2.70. The normalized spacial score (nSPS) is 33.0. The van der Waals surface area contributed by atoms with Crippen molar-refractivity contribution in [3.8, 4) is 0 Å². The molecule has 0 unspecified atom stereocenters. The van der Waals surface area contributed by atoms with Crippen LogP contribution in [0.25, 0.3) is 0 Å². The lowest BCUT2D eigenvalue weighted by atomic mass is 10.2. The predicted molar refractivity (Wildman–Crippen MR) is 56.3 cm³/mol. The van der Waals surface area contributed by atoms with Crippen LogP contribution in [0.3, 0.4) is 0 Å². The van der Waals surface area contributed by atoms with Crippen LogP contribution in [0.5, 0.6) is 0 Å². The van der Waals surface area contributed by atoms with E-state index in [1.165, 1.54) is 0 Å². The summed E-state index contributed by atoms with van der Waals surface area (Å²) in [6, 6.07) is 0.902. The van der Waals surface area contributed by atoms with Gasteiger partial charge in [-0.1, -0.05) is 0 Å². The van der Waals surface area contributed by atoms with Gasteiger partial charge in [0.15, 0.2) is 0 Å². The summed E-state index contributed by atoms with van der Waals surface area (Å²) in [6.45, 7) is 6.91. The van der Waals surface area contributed by atoms with E-state index in [9.17, 15) is 8.78 Å². The molecule has 2 aliphatic heterocycles. The third kappa shape index (κ3) is 2.48. The first-order valence-corrected chi connectivity index (χ1v) is 5.84. The molecule has 88 valence electrons. The summed E-state index contributed by atoms with van der Waals surface area (Å²) < 4.78 is 26.1. The molecule has 2 aliphatic rings. The van der Waals surface area contributed by atoms with E-state index in [0.29, 0.717) is 18.6 Å². The van der Waals surface area contributed by atoms with Crippen LogP contribution in [0, 0.1) is 0 Å². The maximum absolute atomic E-state index is 13.0. The maximum Gasteiger partial charge on any atom is 0.261 e. The Morgan fingerprint density at radius 2 is 2.00 bits per heavy atom. The summed E-state index contributed by atoms with van der Waals surface area (Å²) in [4.78, 5) is 4.35. The summed E-state index contributed by atoms with van der Waals surface area (Å²) in [5, 5.41) is 0. The first-order chi connectivity index (χ1) is 6.98. The average molecular weight is 218 g/mol. The van der Waals surface area contributed by atoms with Crippen LogP contribution < -0.4 is 0 Å². The Labute approximate surface area is 90.2 Å². The minimum absolute atomic E-state index is 0.0242. The van der Waals surface area contributed by atoms with Gasteiger partial charge in [0.05, 0.1) is 6.54 Å². The van der Waals surface area contributed by atoms with Gasteiger partial charge >= 0.3 is 0 Å². The van der Waals surface area contributed by atoms with Crippen molar-refractivity contribution in [3.63, 3.8) is 0 Å². The van der Waals surface area contributed by atoms with Gasteiger partial charge in [-0.2, -0.15) is 0 Å². The fourth-order valence-corrected chi connectivity index (χ4v) is 2.61. The Hall–Kier alpha value is -0.220. The van der Waals surface area contributed by atoms with E-state index in [4.69, 9.17) is 0 Å². The van der Waals surface area contributed by atoms with Crippen molar-refractivity contribution in [2.24, 2.45) is 0 Å². The lowest BCUT2D eigenvalue weighted by Crippen LogP contribution is -2.38. The van der Waals surface area contributed by atoms with Crippen molar-refractivity contribution >= 4 is 0 Å². The van der Waals surface area contributed by atoms with Gasteiger partial charge < -0.3 is 0 Å². The molecule has 1 atom stereocenters. The molecular weight excluding hydrogens is 198 g/mol. The fraction of sp³-hybridized carbons (Fsp3) is 1.00. The van der Waals surface area contributed by atoms with Gasteiger partial charge in [0, 0.05) is 38.1 Å². The largest absolute Gasteiger partial charge is 0.299 e. The standard InChI is InChI=1S/C11H20F2N2/c1-9(2)14-5-3-10(7-14)15-6-4-11(12,13)8-15/h9-10H,3-8H2,1-2H3/t10-/m0/s1. The van der Waals surface area contributed by atoms with Gasteiger partial charge in [0.1, 0.15) is 0 Å². The molecule has 2 heterocycles. The summed E-state index contributed by atoms with van der Waals surface area (Å²) in [5.41, 5.74) is 0. The van der Waals surface area contributed by atoms with Crippen molar-refractivity contribution < 1.29 is 8.78 Å². The quantitative estimate of drug-likeness (QED) is 0.697. The van der Waals surface area contributed by atoms with E-state index in [1.54, 1.807) is 0 Å². The molecule has 2 saturated heterocycles. The molecule has 0 bridgehead atoms. The molecule has 0 aromatic carbocycles. The van der Waals surface area contributed by atoms with Crippen molar-refractivity contribution in [2.45, 2.75) is 44.7 Å². The third-order valence-corrected chi connectivity index (χ3v) is 3.64. The Kier molecular flexibility index (Phi) is 2.99. The zero-order chi connectivity index (χ0) is 11.1. The van der Waals surface area contributed by atoms with Gasteiger partial charge in [0.25, 0.3) is 5.92 Å². The minimum atomic E-state index is -2.44. The topological polar surface area (TPSA) is 6.48 Å². The lowest BCUT2D eigenvalue weighted by Gasteiger charge is -2.25. The number of hydrogen-bond acceptors (Lipinski definition) is 2. The predicted octanol–water partition coefficient (Wildman–Crippen LogP) is 1.81. The lowest BCUT2D eigenvalue weighted by molar-refractivity contribution is 0.00793. The van der Waals surface area contributed by atoms with E-state index in [0.717, 1.165) is 19.5 Å². The number of alkyl halides is 2. The third-order valence-electron chi connectivity index (χ3n) is 3.64. The second-order valence-corrected chi connectivity index (χ2v) is 5.11. The van der Waals surface area contributed by atoms with Crippen LogP contribution >= 0.6 is 0 Å². The van der Waals surface area contributed by atoms with Crippen LogP contribution in [0.1, 0.15) is 26.7 Å². The Bertz CT molecular complexity index is 231. The van der Waals surface area contributed by atoms with Gasteiger partial charge in [0.2, 0.25) is 0 Å². The number of halogens is 2. The molecule has 0 radical (unpaired) electrons. The number of rotatable bonds is 2. The molecular formula is C11H20F2N2. The van der Waals surface area contributed by atoms with Crippen LogP contribution in [0.4, 0.5) is 8.78 Å². The molecule has 15 heavy (non-hydrogen) atoms. The van der Waals surface area contributed by atoms with Crippen molar-refractivity contribution in [3.05, 3.63) is 0 Å². The monoisotopic (exact) mass is 218 g/mol. The first-order valence-electron chi connectivity index (χ1n) is 5.84. The van der Waals surface area contributed by atoms with Gasteiger partial charge in [-0.3, -0.25) is 9.80 Å². The van der Waals surface area contributed by atoms with E-state index in [1.807, 2.05) is 4.90 Å². The minimum Gasteiger partial charge on any atom is -0.299 e. The molecule has 2 fully saturated rings. The Morgan fingerprint density at radius 3 is 2.47 bits per heavy atom. The second kappa shape index (κ2) is 3.98. The van der Waals surface area contributed by atoms with Crippen LogP contribution in [-0.4, -0.2) is 54.0 Å². The number of hydrogen-bond donors (Lipinski definition) is 0. The molecule has 0 aromatic heterocycles. The van der Waals surface area contributed by atoms with E-state index in [-0.39, 0.29) is 13.0 Å². The summed E-state index contributed by atoms with van der Waals surface area (Å²) >= 11 is 0. The smallest absolute Gasteiger partial charge is 0.261 e. The highest BCUT2D eigenvalue weighted by Gasteiger charge is 2.42. The Balaban J connectivity index is 1.87.